The van der Waals surface area contributed by atoms with Crippen molar-refractivity contribution in [1.29, 1.82) is 0 Å². The maximum absolute atomic E-state index is 11.2. The first kappa shape index (κ1) is 15.0. The molecule has 6 heteroatoms. The van der Waals surface area contributed by atoms with Gasteiger partial charge in [-0.15, -0.1) is 0 Å². The number of benzene rings is 2. The highest BCUT2D eigenvalue weighted by Crippen LogP contribution is 2.38. The Kier molecular flexibility index (Phi) is 4.43. The van der Waals surface area contributed by atoms with Crippen LogP contribution in [0.15, 0.2) is 30.3 Å². The second-order valence-corrected chi connectivity index (χ2v) is 5.30. The summed E-state index contributed by atoms with van der Waals surface area (Å²) in [4.78, 5) is 11.2. The Bertz CT molecular complexity index is 686. The Balaban J connectivity index is 2.49. The van der Waals surface area contributed by atoms with Crippen LogP contribution in [0.2, 0.25) is 15.1 Å². The lowest BCUT2D eigenvalue weighted by Gasteiger charge is -2.14. The SMILES string of the molecule is Cc1c(Cl)cc(Nc2ccccc2C(=O)O)c(Cl)c1Cl. The molecule has 0 fully saturated rings. The quantitative estimate of drug-likeness (QED) is 0.741. The fourth-order valence-electron chi connectivity index (χ4n) is 1.70. The summed E-state index contributed by atoms with van der Waals surface area (Å²) in [5.41, 5.74) is 1.69. The molecule has 0 saturated heterocycles. The molecule has 0 radical (unpaired) electrons. The zero-order valence-electron chi connectivity index (χ0n) is 10.4. The zero-order chi connectivity index (χ0) is 14.9. The molecule has 104 valence electrons. The van der Waals surface area contributed by atoms with Gasteiger partial charge in [0.2, 0.25) is 0 Å². The molecular formula is C14H10Cl3NO2. The molecule has 0 saturated carbocycles. The molecule has 0 bridgehead atoms. The topological polar surface area (TPSA) is 49.3 Å². The van der Waals surface area contributed by atoms with Crippen molar-refractivity contribution in [3.63, 3.8) is 0 Å². The van der Waals surface area contributed by atoms with Gasteiger partial charge in [0, 0.05) is 5.02 Å². The van der Waals surface area contributed by atoms with Gasteiger partial charge in [0.1, 0.15) is 0 Å². The summed E-state index contributed by atoms with van der Waals surface area (Å²) in [6.07, 6.45) is 0. The van der Waals surface area contributed by atoms with Gasteiger partial charge in [-0.2, -0.15) is 0 Å². The summed E-state index contributed by atoms with van der Waals surface area (Å²) < 4.78 is 0. The lowest BCUT2D eigenvalue weighted by atomic mass is 10.1. The molecule has 0 aromatic heterocycles. The largest absolute Gasteiger partial charge is 0.478 e. The fourth-order valence-corrected chi connectivity index (χ4v) is 2.40. The van der Waals surface area contributed by atoms with E-state index in [1.807, 2.05) is 0 Å². The minimum Gasteiger partial charge on any atom is -0.478 e. The Morgan fingerprint density at radius 3 is 2.40 bits per heavy atom. The second kappa shape index (κ2) is 5.92. The van der Waals surface area contributed by atoms with Gasteiger partial charge in [-0.3, -0.25) is 0 Å². The Hall–Kier alpha value is -1.42. The van der Waals surface area contributed by atoms with Crippen molar-refractivity contribution in [3.8, 4) is 0 Å². The molecule has 0 spiro atoms. The van der Waals surface area contributed by atoms with Crippen LogP contribution < -0.4 is 5.32 Å². The van der Waals surface area contributed by atoms with E-state index in [0.717, 1.165) is 0 Å². The molecule has 0 heterocycles. The minimum absolute atomic E-state index is 0.136. The highest BCUT2D eigenvalue weighted by molar-refractivity contribution is 6.45. The molecule has 2 aromatic carbocycles. The van der Waals surface area contributed by atoms with Crippen LogP contribution in [0.4, 0.5) is 11.4 Å². The van der Waals surface area contributed by atoms with Crippen LogP contribution in [0.1, 0.15) is 15.9 Å². The van der Waals surface area contributed by atoms with E-state index in [-0.39, 0.29) is 5.56 Å². The highest BCUT2D eigenvalue weighted by atomic mass is 35.5. The van der Waals surface area contributed by atoms with E-state index in [4.69, 9.17) is 39.9 Å². The summed E-state index contributed by atoms with van der Waals surface area (Å²) in [7, 11) is 0. The van der Waals surface area contributed by atoms with Crippen LogP contribution in [-0.2, 0) is 0 Å². The maximum atomic E-state index is 11.2. The van der Waals surface area contributed by atoms with E-state index in [2.05, 4.69) is 5.32 Å². The normalized spacial score (nSPS) is 10.4. The summed E-state index contributed by atoms with van der Waals surface area (Å²) in [5, 5.41) is 13.2. The molecule has 0 aliphatic heterocycles. The molecule has 0 unspecified atom stereocenters. The van der Waals surface area contributed by atoms with Gasteiger partial charge < -0.3 is 10.4 Å². The van der Waals surface area contributed by atoms with Crippen molar-refractivity contribution < 1.29 is 9.90 Å². The molecule has 0 aliphatic rings. The van der Waals surface area contributed by atoms with E-state index >= 15 is 0 Å². The van der Waals surface area contributed by atoms with Gasteiger partial charge in [-0.1, -0.05) is 46.9 Å². The van der Waals surface area contributed by atoms with Crippen molar-refractivity contribution in [2.24, 2.45) is 0 Å². The van der Waals surface area contributed by atoms with Crippen LogP contribution in [0, 0.1) is 6.92 Å². The minimum atomic E-state index is -1.03. The third kappa shape index (κ3) is 2.85. The molecule has 20 heavy (non-hydrogen) atoms. The van der Waals surface area contributed by atoms with Gasteiger partial charge in [-0.25, -0.2) is 4.79 Å². The van der Waals surface area contributed by atoms with Crippen molar-refractivity contribution in [2.75, 3.05) is 5.32 Å². The molecule has 3 nitrogen and oxygen atoms in total. The summed E-state index contributed by atoms with van der Waals surface area (Å²) in [6, 6.07) is 8.12. The van der Waals surface area contributed by atoms with Crippen LogP contribution in [0.25, 0.3) is 0 Å². The Labute approximate surface area is 131 Å². The van der Waals surface area contributed by atoms with Crippen LogP contribution in [0.3, 0.4) is 0 Å². The molecule has 0 amide bonds. The lowest BCUT2D eigenvalue weighted by Crippen LogP contribution is -2.03. The predicted octanol–water partition coefficient (Wildman–Crippen LogP) is 5.40. The third-order valence-corrected chi connectivity index (χ3v) is 4.17. The molecule has 2 aromatic rings. The number of carboxylic acids is 1. The first-order chi connectivity index (χ1) is 9.41. The number of aromatic carboxylic acids is 1. The summed E-state index contributed by atoms with van der Waals surface area (Å²) >= 11 is 18.3. The lowest BCUT2D eigenvalue weighted by molar-refractivity contribution is 0.0698. The monoisotopic (exact) mass is 329 g/mol. The molecule has 0 atom stereocenters. The number of hydrogen-bond acceptors (Lipinski definition) is 2. The molecule has 0 aliphatic carbocycles. The zero-order valence-corrected chi connectivity index (χ0v) is 12.6. The number of hydrogen-bond donors (Lipinski definition) is 2. The van der Waals surface area contributed by atoms with Crippen molar-refractivity contribution in [1.82, 2.24) is 0 Å². The van der Waals surface area contributed by atoms with Gasteiger partial charge in [0.25, 0.3) is 0 Å². The maximum Gasteiger partial charge on any atom is 0.337 e. The number of nitrogens with one attached hydrogen (secondary N) is 1. The Morgan fingerprint density at radius 1 is 1.10 bits per heavy atom. The molecule has 2 rings (SSSR count). The third-order valence-electron chi connectivity index (χ3n) is 2.81. The van der Waals surface area contributed by atoms with E-state index in [9.17, 15) is 4.79 Å². The number of rotatable bonds is 3. The van der Waals surface area contributed by atoms with Gasteiger partial charge in [0.05, 0.1) is 27.0 Å². The first-order valence-electron chi connectivity index (χ1n) is 5.65. The van der Waals surface area contributed by atoms with E-state index in [0.29, 0.717) is 32.0 Å². The summed E-state index contributed by atoms with van der Waals surface area (Å²) in [5.74, 6) is -1.03. The highest BCUT2D eigenvalue weighted by Gasteiger charge is 2.14. The number of carbonyl (C=O) groups is 1. The fraction of sp³-hybridized carbons (Fsp3) is 0.0714. The average molecular weight is 331 g/mol. The predicted molar refractivity (Wildman–Crippen MR) is 82.9 cm³/mol. The number of anilines is 2. The average Bonchev–Trinajstić information content (AvgIpc) is 2.43. The van der Waals surface area contributed by atoms with Gasteiger partial charge in [-0.05, 0) is 30.7 Å². The molecular weight excluding hydrogens is 321 g/mol. The number of halogens is 3. The van der Waals surface area contributed by atoms with Crippen molar-refractivity contribution in [3.05, 3.63) is 56.5 Å². The standard InChI is InChI=1S/C14H10Cl3NO2/c1-7-9(15)6-11(13(17)12(7)16)18-10-5-3-2-4-8(10)14(19)20/h2-6,18H,1H3,(H,19,20). The van der Waals surface area contributed by atoms with E-state index < -0.39 is 5.97 Å². The van der Waals surface area contributed by atoms with Gasteiger partial charge in [0.15, 0.2) is 0 Å². The van der Waals surface area contributed by atoms with Crippen molar-refractivity contribution >= 4 is 52.1 Å². The first-order valence-corrected chi connectivity index (χ1v) is 6.78. The second-order valence-electron chi connectivity index (χ2n) is 4.13. The molecule has 2 N–H and O–H groups in total. The van der Waals surface area contributed by atoms with Gasteiger partial charge >= 0.3 is 5.97 Å². The van der Waals surface area contributed by atoms with Crippen LogP contribution in [-0.4, -0.2) is 11.1 Å². The van der Waals surface area contributed by atoms with Crippen LogP contribution >= 0.6 is 34.8 Å². The number of carboxylic acid groups (broad SMARTS) is 1. The smallest absolute Gasteiger partial charge is 0.337 e. The van der Waals surface area contributed by atoms with E-state index in [1.54, 1.807) is 31.2 Å². The summed E-state index contributed by atoms with van der Waals surface area (Å²) in [6.45, 7) is 1.76. The van der Waals surface area contributed by atoms with Crippen LogP contribution in [0.5, 0.6) is 0 Å². The number of para-hydroxylation sites is 1. The van der Waals surface area contributed by atoms with Crippen molar-refractivity contribution in [2.45, 2.75) is 6.92 Å². The van der Waals surface area contributed by atoms with E-state index in [1.165, 1.54) is 6.07 Å². The Morgan fingerprint density at radius 2 is 1.75 bits per heavy atom.